The van der Waals surface area contributed by atoms with Crippen LogP contribution in [0.25, 0.3) is 33.1 Å². The molecule has 3 heterocycles. The van der Waals surface area contributed by atoms with Gasteiger partial charge in [0.1, 0.15) is 24.6 Å². The van der Waals surface area contributed by atoms with Crippen molar-refractivity contribution < 1.29 is 23.2 Å². The molecule has 0 saturated carbocycles. The average molecular weight is 558 g/mol. The van der Waals surface area contributed by atoms with E-state index in [-0.39, 0.29) is 36.5 Å². The van der Waals surface area contributed by atoms with Crippen molar-refractivity contribution in [2.75, 3.05) is 11.9 Å². The SMILES string of the molecule is Cc1nc2ccc(-c3cccc(NC(=O)[C@@H]4C[C@@H](F)CN4C(=O)Cn4nc(C(N)=O)c5ccccc54)c3F)cc2[nH]1. The van der Waals surface area contributed by atoms with Crippen molar-refractivity contribution >= 4 is 45.3 Å². The first-order valence-electron chi connectivity index (χ1n) is 12.9. The summed E-state index contributed by atoms with van der Waals surface area (Å²) in [5.41, 5.74) is 8.18. The minimum Gasteiger partial charge on any atom is -0.364 e. The van der Waals surface area contributed by atoms with Gasteiger partial charge in [-0.05, 0) is 36.8 Å². The largest absolute Gasteiger partial charge is 0.364 e. The number of fused-ring (bicyclic) bond motifs is 2. The zero-order valence-electron chi connectivity index (χ0n) is 21.9. The number of H-pyrrole nitrogens is 1. The van der Waals surface area contributed by atoms with E-state index in [2.05, 4.69) is 20.4 Å². The lowest BCUT2D eigenvalue weighted by Gasteiger charge is -2.24. The van der Waals surface area contributed by atoms with Crippen molar-refractivity contribution in [3.8, 4) is 11.1 Å². The highest BCUT2D eigenvalue weighted by Gasteiger charge is 2.40. The Bertz CT molecular complexity index is 1850. The van der Waals surface area contributed by atoms with Crippen molar-refractivity contribution in [1.82, 2.24) is 24.6 Å². The van der Waals surface area contributed by atoms with E-state index in [0.29, 0.717) is 16.5 Å². The Kier molecular flexibility index (Phi) is 6.45. The van der Waals surface area contributed by atoms with Gasteiger partial charge in [0, 0.05) is 17.4 Å². The molecule has 4 N–H and O–H groups in total. The summed E-state index contributed by atoms with van der Waals surface area (Å²) in [6.45, 7) is 1.18. The van der Waals surface area contributed by atoms with E-state index in [9.17, 15) is 18.8 Å². The molecule has 1 aliphatic heterocycles. The molecule has 2 aromatic heterocycles. The number of alkyl halides is 1. The molecule has 3 aromatic carbocycles. The number of aromatic amines is 1. The van der Waals surface area contributed by atoms with Crippen molar-refractivity contribution in [2.45, 2.75) is 32.1 Å². The maximum atomic E-state index is 15.6. The first kappa shape index (κ1) is 26.1. The number of hydrogen-bond donors (Lipinski definition) is 3. The van der Waals surface area contributed by atoms with Crippen LogP contribution in [0.15, 0.2) is 60.7 Å². The van der Waals surface area contributed by atoms with Crippen LogP contribution in [0, 0.1) is 12.7 Å². The summed E-state index contributed by atoms with van der Waals surface area (Å²) in [6, 6.07) is 15.5. The number of imidazole rings is 1. The Labute approximate surface area is 232 Å². The fourth-order valence-corrected chi connectivity index (χ4v) is 5.33. The summed E-state index contributed by atoms with van der Waals surface area (Å²) in [4.78, 5) is 47.0. The van der Waals surface area contributed by atoms with Gasteiger partial charge in [-0.15, -0.1) is 0 Å². The molecule has 208 valence electrons. The van der Waals surface area contributed by atoms with Crippen LogP contribution in [0.3, 0.4) is 0 Å². The summed E-state index contributed by atoms with van der Waals surface area (Å²) in [5.74, 6) is -1.97. The number of hydrogen-bond acceptors (Lipinski definition) is 5. The topological polar surface area (TPSA) is 139 Å². The van der Waals surface area contributed by atoms with Crippen LogP contribution in [0.5, 0.6) is 0 Å². The van der Waals surface area contributed by atoms with Crippen molar-refractivity contribution in [3.63, 3.8) is 0 Å². The van der Waals surface area contributed by atoms with Gasteiger partial charge in [-0.1, -0.05) is 36.4 Å². The number of carbonyl (C=O) groups excluding carboxylic acids is 3. The number of primary amides is 1. The molecule has 1 aliphatic rings. The number of para-hydroxylation sites is 1. The summed E-state index contributed by atoms with van der Waals surface area (Å²) < 4.78 is 31.4. The molecule has 0 radical (unpaired) electrons. The van der Waals surface area contributed by atoms with Crippen LogP contribution in [0.1, 0.15) is 22.7 Å². The first-order valence-corrected chi connectivity index (χ1v) is 12.9. The second-order valence-electron chi connectivity index (χ2n) is 9.99. The molecule has 2 atom stereocenters. The lowest BCUT2D eigenvalue weighted by Crippen LogP contribution is -2.44. The quantitative estimate of drug-likeness (QED) is 0.292. The number of halogens is 2. The Morgan fingerprint density at radius 1 is 1.12 bits per heavy atom. The number of likely N-dealkylation sites (tertiary alicyclic amines) is 1. The van der Waals surface area contributed by atoms with Crippen LogP contribution < -0.4 is 11.1 Å². The van der Waals surface area contributed by atoms with E-state index in [1.807, 2.05) is 6.92 Å². The van der Waals surface area contributed by atoms with Gasteiger partial charge in [0.15, 0.2) is 11.5 Å². The van der Waals surface area contributed by atoms with Gasteiger partial charge in [0.05, 0.1) is 28.8 Å². The van der Waals surface area contributed by atoms with E-state index >= 15 is 4.39 Å². The summed E-state index contributed by atoms with van der Waals surface area (Å²) in [5, 5.41) is 7.19. The molecular weight excluding hydrogens is 532 g/mol. The number of nitrogens with one attached hydrogen (secondary N) is 2. The van der Waals surface area contributed by atoms with Crippen molar-refractivity contribution in [1.29, 1.82) is 0 Å². The molecule has 6 rings (SSSR count). The number of rotatable bonds is 6. The molecule has 12 heteroatoms. The molecule has 5 aromatic rings. The fraction of sp³-hybridized carbons (Fsp3) is 0.207. The predicted molar refractivity (Wildman–Crippen MR) is 148 cm³/mol. The fourth-order valence-electron chi connectivity index (χ4n) is 5.33. The number of aromatic nitrogens is 4. The Morgan fingerprint density at radius 3 is 2.73 bits per heavy atom. The average Bonchev–Trinajstić information content (AvgIpc) is 3.63. The summed E-state index contributed by atoms with van der Waals surface area (Å²) in [7, 11) is 0. The minimum absolute atomic E-state index is 0.00431. The molecule has 1 fully saturated rings. The number of benzene rings is 3. The van der Waals surface area contributed by atoms with Gasteiger partial charge >= 0.3 is 0 Å². The van der Waals surface area contributed by atoms with E-state index in [4.69, 9.17) is 5.73 Å². The molecule has 10 nitrogen and oxygen atoms in total. The standard InChI is InChI=1S/C29H25F2N7O3/c1-15-33-20-10-9-16(11-22(20)34-15)18-6-4-7-21(26(18)31)35-29(41)24-12-17(30)13-37(24)25(39)14-38-23-8-3-2-5-19(23)27(36-38)28(32)40/h2-11,17,24H,12-14H2,1H3,(H2,32,40)(H,33,34)(H,35,41)/t17-,24+/m1/s1. The van der Waals surface area contributed by atoms with E-state index in [1.54, 1.807) is 54.6 Å². The zero-order chi connectivity index (χ0) is 28.8. The number of anilines is 1. The Hall–Kier alpha value is -5.13. The molecule has 41 heavy (non-hydrogen) atoms. The van der Waals surface area contributed by atoms with Gasteiger partial charge in [0.2, 0.25) is 11.8 Å². The third kappa shape index (κ3) is 4.77. The smallest absolute Gasteiger partial charge is 0.269 e. The van der Waals surface area contributed by atoms with Gasteiger partial charge in [0.25, 0.3) is 5.91 Å². The van der Waals surface area contributed by atoms with E-state index < -0.39 is 35.8 Å². The first-order chi connectivity index (χ1) is 19.7. The van der Waals surface area contributed by atoms with Gasteiger partial charge < -0.3 is 20.9 Å². The lowest BCUT2D eigenvalue weighted by molar-refractivity contribution is -0.137. The maximum Gasteiger partial charge on any atom is 0.269 e. The van der Waals surface area contributed by atoms with Crippen LogP contribution in [-0.4, -0.2) is 61.1 Å². The molecule has 0 aliphatic carbocycles. The second kappa shape index (κ2) is 10.1. The molecule has 3 amide bonds. The normalized spacial score (nSPS) is 16.9. The molecule has 0 unspecified atom stereocenters. The lowest BCUT2D eigenvalue weighted by atomic mass is 10.0. The highest BCUT2D eigenvalue weighted by molar-refractivity contribution is 6.04. The molecule has 1 saturated heterocycles. The van der Waals surface area contributed by atoms with E-state index in [0.717, 1.165) is 21.8 Å². The number of amides is 3. The maximum absolute atomic E-state index is 15.6. The third-order valence-electron chi connectivity index (χ3n) is 7.22. The molecule has 0 spiro atoms. The van der Waals surface area contributed by atoms with Crippen molar-refractivity contribution in [2.24, 2.45) is 5.73 Å². The van der Waals surface area contributed by atoms with Gasteiger partial charge in [-0.3, -0.25) is 19.1 Å². The Balaban J connectivity index is 1.23. The van der Waals surface area contributed by atoms with Gasteiger partial charge in [-0.2, -0.15) is 5.10 Å². The summed E-state index contributed by atoms with van der Waals surface area (Å²) >= 11 is 0. The van der Waals surface area contributed by atoms with Crippen LogP contribution in [-0.2, 0) is 16.1 Å². The highest BCUT2D eigenvalue weighted by Crippen LogP contribution is 2.31. The molecular formula is C29H25F2N7O3. The van der Waals surface area contributed by atoms with Crippen LogP contribution in [0.2, 0.25) is 0 Å². The van der Waals surface area contributed by atoms with E-state index in [1.165, 1.54) is 10.7 Å². The predicted octanol–water partition coefficient (Wildman–Crippen LogP) is 3.70. The monoisotopic (exact) mass is 557 g/mol. The third-order valence-corrected chi connectivity index (χ3v) is 7.22. The number of aryl methyl sites for hydroxylation is 1. The summed E-state index contributed by atoms with van der Waals surface area (Å²) in [6.07, 6.45) is -1.67. The van der Waals surface area contributed by atoms with Crippen LogP contribution in [0.4, 0.5) is 14.5 Å². The number of nitrogens with two attached hydrogens (primary N) is 1. The second-order valence-corrected chi connectivity index (χ2v) is 9.99. The Morgan fingerprint density at radius 2 is 1.93 bits per heavy atom. The zero-order valence-corrected chi connectivity index (χ0v) is 21.9. The molecule has 0 bridgehead atoms. The minimum atomic E-state index is -1.44. The number of nitrogens with zero attached hydrogens (tertiary/aromatic N) is 4. The highest BCUT2D eigenvalue weighted by atomic mass is 19.1. The van der Waals surface area contributed by atoms with Crippen LogP contribution >= 0.6 is 0 Å². The van der Waals surface area contributed by atoms with Crippen molar-refractivity contribution in [3.05, 3.63) is 78.0 Å². The number of carbonyl (C=O) groups is 3. The van der Waals surface area contributed by atoms with Gasteiger partial charge in [-0.25, -0.2) is 13.8 Å².